The van der Waals surface area contributed by atoms with Crippen LogP contribution in [-0.2, 0) is 11.2 Å². The van der Waals surface area contributed by atoms with E-state index in [9.17, 15) is 4.79 Å². The molecule has 32 heavy (non-hydrogen) atoms. The highest BCUT2D eigenvalue weighted by molar-refractivity contribution is 9.10. The Morgan fingerprint density at radius 2 is 1.72 bits per heavy atom. The van der Waals surface area contributed by atoms with E-state index in [1.807, 2.05) is 71.3 Å². The van der Waals surface area contributed by atoms with Gasteiger partial charge in [-0.05, 0) is 54.1 Å². The summed E-state index contributed by atoms with van der Waals surface area (Å²) in [7, 11) is 1.64. The van der Waals surface area contributed by atoms with Gasteiger partial charge in [0.15, 0.2) is 5.16 Å². The number of carbonyl (C=O) groups excluding carboxylic acids is 1. The molecule has 1 N–H and O–H groups in total. The van der Waals surface area contributed by atoms with E-state index in [1.165, 1.54) is 11.8 Å². The van der Waals surface area contributed by atoms with Gasteiger partial charge in [0.05, 0.1) is 12.9 Å². The fourth-order valence-electron chi connectivity index (χ4n) is 3.14. The van der Waals surface area contributed by atoms with Gasteiger partial charge < -0.3 is 10.1 Å². The number of nitrogens with one attached hydrogen (secondary N) is 1. The maximum atomic E-state index is 12.5. The molecule has 0 bridgehead atoms. The largest absolute Gasteiger partial charge is 0.497 e. The van der Waals surface area contributed by atoms with Gasteiger partial charge >= 0.3 is 0 Å². The van der Waals surface area contributed by atoms with Gasteiger partial charge in [0.2, 0.25) is 5.91 Å². The summed E-state index contributed by atoms with van der Waals surface area (Å²) in [5, 5.41) is 12.4. The van der Waals surface area contributed by atoms with Crippen LogP contribution in [-0.4, -0.2) is 33.5 Å². The number of amides is 1. The van der Waals surface area contributed by atoms with Gasteiger partial charge in [-0.2, -0.15) is 0 Å². The van der Waals surface area contributed by atoms with Gasteiger partial charge in [0, 0.05) is 22.3 Å². The molecule has 4 rings (SSSR count). The van der Waals surface area contributed by atoms with Crippen molar-refractivity contribution < 1.29 is 9.53 Å². The quantitative estimate of drug-likeness (QED) is 0.324. The van der Waals surface area contributed by atoms with Gasteiger partial charge in [-0.15, -0.1) is 10.2 Å². The van der Waals surface area contributed by atoms with Crippen molar-refractivity contribution in [3.63, 3.8) is 0 Å². The molecule has 0 radical (unpaired) electrons. The van der Waals surface area contributed by atoms with Gasteiger partial charge in [-0.25, -0.2) is 0 Å². The van der Waals surface area contributed by atoms with Crippen molar-refractivity contribution in [2.75, 3.05) is 18.2 Å². The summed E-state index contributed by atoms with van der Waals surface area (Å²) in [4.78, 5) is 12.5. The van der Waals surface area contributed by atoms with Gasteiger partial charge in [0.25, 0.3) is 0 Å². The molecule has 0 aliphatic rings. The lowest BCUT2D eigenvalue weighted by atomic mass is 10.1. The second-order valence-corrected chi connectivity index (χ2v) is 8.80. The molecule has 0 fully saturated rings. The van der Waals surface area contributed by atoms with E-state index in [0.29, 0.717) is 11.6 Å². The van der Waals surface area contributed by atoms with Crippen molar-refractivity contribution >= 4 is 39.3 Å². The average Bonchev–Trinajstić information content (AvgIpc) is 3.22. The molecular formula is C24H21BrN4O2S. The van der Waals surface area contributed by atoms with Crippen LogP contribution in [0, 0.1) is 0 Å². The highest BCUT2D eigenvalue weighted by Crippen LogP contribution is 2.25. The molecule has 4 aromatic rings. The van der Waals surface area contributed by atoms with E-state index in [-0.39, 0.29) is 11.7 Å². The summed E-state index contributed by atoms with van der Waals surface area (Å²) >= 11 is 4.75. The normalized spacial score (nSPS) is 10.7. The Hall–Kier alpha value is -3.10. The number of ether oxygens (including phenoxy) is 1. The minimum Gasteiger partial charge on any atom is -0.497 e. The number of aromatic nitrogens is 3. The van der Waals surface area contributed by atoms with Crippen molar-refractivity contribution in [1.82, 2.24) is 14.8 Å². The van der Waals surface area contributed by atoms with Crippen LogP contribution in [0.5, 0.6) is 5.75 Å². The van der Waals surface area contributed by atoms with Crippen LogP contribution in [0.4, 0.5) is 5.69 Å². The first kappa shape index (κ1) is 22.1. The minimum atomic E-state index is -0.105. The van der Waals surface area contributed by atoms with Crippen molar-refractivity contribution in [1.29, 1.82) is 0 Å². The zero-order valence-corrected chi connectivity index (χ0v) is 19.8. The number of hydrogen-bond donors (Lipinski definition) is 1. The standard InChI is InChI=1S/C24H21BrN4O2S/c1-31-21-13-11-20(12-14-21)29-22(15-17-5-3-2-4-6-17)27-28-24(29)32-16-23(30)26-19-9-7-18(25)8-10-19/h2-14H,15-16H2,1H3,(H,26,30). The number of hydrogen-bond acceptors (Lipinski definition) is 5. The molecule has 0 aliphatic carbocycles. The first-order chi connectivity index (χ1) is 15.6. The molecular weight excluding hydrogens is 488 g/mol. The Kier molecular flexibility index (Phi) is 7.24. The molecule has 0 saturated carbocycles. The van der Waals surface area contributed by atoms with Crippen LogP contribution >= 0.6 is 27.7 Å². The lowest BCUT2D eigenvalue weighted by molar-refractivity contribution is -0.113. The number of nitrogens with zero attached hydrogens (tertiary/aromatic N) is 3. The van der Waals surface area contributed by atoms with E-state index in [4.69, 9.17) is 4.74 Å². The Balaban J connectivity index is 1.55. The number of rotatable bonds is 8. The summed E-state index contributed by atoms with van der Waals surface area (Å²) < 4.78 is 8.24. The Labute approximate surface area is 199 Å². The maximum absolute atomic E-state index is 12.5. The summed E-state index contributed by atoms with van der Waals surface area (Å²) in [5.74, 6) is 1.69. The molecule has 1 aromatic heterocycles. The number of carbonyl (C=O) groups is 1. The lowest BCUT2D eigenvalue weighted by Crippen LogP contribution is -2.14. The smallest absolute Gasteiger partial charge is 0.234 e. The van der Waals surface area contributed by atoms with Gasteiger partial charge in [0.1, 0.15) is 11.6 Å². The maximum Gasteiger partial charge on any atom is 0.234 e. The molecule has 6 nitrogen and oxygen atoms in total. The zero-order chi connectivity index (χ0) is 22.3. The van der Waals surface area contributed by atoms with Gasteiger partial charge in [-0.3, -0.25) is 9.36 Å². The first-order valence-corrected chi connectivity index (χ1v) is 11.7. The van der Waals surface area contributed by atoms with E-state index in [0.717, 1.165) is 33.0 Å². The number of halogens is 1. The second kappa shape index (κ2) is 10.5. The monoisotopic (exact) mass is 508 g/mol. The van der Waals surface area contributed by atoms with Crippen LogP contribution in [0.2, 0.25) is 0 Å². The molecule has 0 spiro atoms. The third kappa shape index (κ3) is 5.57. The lowest BCUT2D eigenvalue weighted by Gasteiger charge is -2.11. The number of thioether (sulfide) groups is 1. The minimum absolute atomic E-state index is 0.105. The molecule has 0 atom stereocenters. The molecule has 162 valence electrons. The predicted octanol–water partition coefficient (Wildman–Crippen LogP) is 5.36. The Bertz CT molecular complexity index is 1180. The van der Waals surface area contributed by atoms with E-state index in [1.54, 1.807) is 7.11 Å². The molecule has 1 heterocycles. The Morgan fingerprint density at radius 3 is 2.41 bits per heavy atom. The fraction of sp³-hybridized carbons (Fsp3) is 0.125. The second-order valence-electron chi connectivity index (χ2n) is 6.94. The summed E-state index contributed by atoms with van der Waals surface area (Å²) in [6, 6.07) is 25.3. The van der Waals surface area contributed by atoms with E-state index in [2.05, 4.69) is 43.6 Å². The third-order valence-electron chi connectivity index (χ3n) is 4.70. The summed E-state index contributed by atoms with van der Waals surface area (Å²) in [5.41, 5.74) is 2.80. The highest BCUT2D eigenvalue weighted by atomic mass is 79.9. The Morgan fingerprint density at radius 1 is 1.00 bits per heavy atom. The van der Waals surface area contributed by atoms with Gasteiger partial charge in [-0.1, -0.05) is 58.0 Å². The zero-order valence-electron chi connectivity index (χ0n) is 17.4. The number of methoxy groups -OCH3 is 1. The molecule has 3 aromatic carbocycles. The van der Waals surface area contributed by atoms with Crippen molar-refractivity contribution in [3.05, 3.63) is 94.7 Å². The van der Waals surface area contributed by atoms with Crippen LogP contribution in [0.15, 0.2) is 88.5 Å². The average molecular weight is 509 g/mol. The van der Waals surface area contributed by atoms with E-state index < -0.39 is 0 Å². The summed E-state index contributed by atoms with van der Waals surface area (Å²) in [6.45, 7) is 0. The van der Waals surface area contributed by atoms with Crippen LogP contribution in [0.25, 0.3) is 5.69 Å². The first-order valence-electron chi connectivity index (χ1n) is 9.93. The van der Waals surface area contributed by atoms with Crippen LogP contribution < -0.4 is 10.1 Å². The van der Waals surface area contributed by atoms with Crippen LogP contribution in [0.1, 0.15) is 11.4 Å². The van der Waals surface area contributed by atoms with Crippen molar-refractivity contribution in [3.8, 4) is 11.4 Å². The highest BCUT2D eigenvalue weighted by Gasteiger charge is 2.16. The van der Waals surface area contributed by atoms with E-state index >= 15 is 0 Å². The molecule has 0 unspecified atom stereocenters. The predicted molar refractivity (Wildman–Crippen MR) is 131 cm³/mol. The molecule has 1 amide bonds. The molecule has 0 saturated heterocycles. The third-order valence-corrected chi connectivity index (χ3v) is 6.15. The molecule has 8 heteroatoms. The SMILES string of the molecule is COc1ccc(-n2c(Cc3ccccc3)nnc2SCC(=O)Nc2ccc(Br)cc2)cc1. The molecule has 0 aliphatic heterocycles. The topological polar surface area (TPSA) is 69.0 Å². The van der Waals surface area contributed by atoms with Crippen molar-refractivity contribution in [2.24, 2.45) is 0 Å². The fourth-order valence-corrected chi connectivity index (χ4v) is 4.17. The summed E-state index contributed by atoms with van der Waals surface area (Å²) in [6.07, 6.45) is 0.630. The number of benzene rings is 3. The number of anilines is 1. The van der Waals surface area contributed by atoms with Crippen LogP contribution in [0.3, 0.4) is 0 Å². The van der Waals surface area contributed by atoms with Crippen molar-refractivity contribution in [2.45, 2.75) is 11.6 Å².